The number of halogens is 1. The second-order valence-electron chi connectivity index (χ2n) is 4.84. The summed E-state index contributed by atoms with van der Waals surface area (Å²) in [7, 11) is 0. The van der Waals surface area contributed by atoms with Gasteiger partial charge in [-0.3, -0.25) is 0 Å². The molecular formula is C14H19ClN2. The number of hydrogen-bond acceptors (Lipinski definition) is 1. The van der Waals surface area contributed by atoms with Crippen molar-refractivity contribution in [3.05, 3.63) is 30.1 Å². The average Bonchev–Trinajstić information content (AvgIpc) is 2.67. The van der Waals surface area contributed by atoms with Crippen molar-refractivity contribution in [2.45, 2.75) is 39.1 Å². The molecule has 0 aliphatic heterocycles. The molecule has 0 amide bonds. The molecule has 0 saturated carbocycles. The lowest BCUT2D eigenvalue weighted by Crippen LogP contribution is -2.03. The summed E-state index contributed by atoms with van der Waals surface area (Å²) in [4.78, 5) is 4.56. The topological polar surface area (TPSA) is 17.8 Å². The molecule has 0 fully saturated rings. The fraction of sp³-hybridized carbons (Fsp3) is 0.500. The molecule has 1 aromatic carbocycles. The van der Waals surface area contributed by atoms with Gasteiger partial charge < -0.3 is 4.57 Å². The van der Waals surface area contributed by atoms with Gasteiger partial charge in [0.25, 0.3) is 0 Å². The lowest BCUT2D eigenvalue weighted by atomic mass is 10.1. The number of benzene rings is 1. The quantitative estimate of drug-likeness (QED) is 0.727. The summed E-state index contributed by atoms with van der Waals surface area (Å²) in [5, 5.41) is 0. The zero-order chi connectivity index (χ0) is 12.3. The molecule has 17 heavy (non-hydrogen) atoms. The second kappa shape index (κ2) is 5.54. The Hall–Kier alpha value is -1.02. The maximum atomic E-state index is 5.96. The van der Waals surface area contributed by atoms with Gasteiger partial charge in [0.05, 0.1) is 16.9 Å². The van der Waals surface area contributed by atoms with Crippen LogP contribution in [-0.2, 0) is 12.4 Å². The van der Waals surface area contributed by atoms with Crippen LogP contribution < -0.4 is 0 Å². The molecule has 0 bridgehead atoms. The van der Waals surface area contributed by atoms with Crippen molar-refractivity contribution >= 4 is 22.6 Å². The van der Waals surface area contributed by atoms with E-state index in [0.717, 1.165) is 23.8 Å². The van der Waals surface area contributed by atoms with Gasteiger partial charge in [-0.15, -0.1) is 11.6 Å². The monoisotopic (exact) mass is 250 g/mol. The van der Waals surface area contributed by atoms with E-state index < -0.39 is 0 Å². The molecule has 2 aromatic rings. The van der Waals surface area contributed by atoms with Crippen LogP contribution in [0, 0.1) is 5.92 Å². The van der Waals surface area contributed by atoms with Crippen LogP contribution in [0.25, 0.3) is 11.0 Å². The molecule has 0 aliphatic carbocycles. The van der Waals surface area contributed by atoms with E-state index in [4.69, 9.17) is 11.6 Å². The molecule has 1 heterocycles. The predicted octanol–water partition coefficient (Wildman–Crippen LogP) is 4.21. The number of imidazole rings is 1. The Labute approximate surface area is 108 Å². The lowest BCUT2D eigenvalue weighted by Gasteiger charge is -2.09. The SMILES string of the molecule is CC(C)CCCn1c(CCl)nc2ccccc21. The van der Waals surface area contributed by atoms with Gasteiger partial charge in [0.2, 0.25) is 0 Å². The van der Waals surface area contributed by atoms with E-state index in [-0.39, 0.29) is 0 Å². The zero-order valence-corrected chi connectivity index (χ0v) is 11.2. The highest BCUT2D eigenvalue weighted by molar-refractivity contribution is 6.16. The summed E-state index contributed by atoms with van der Waals surface area (Å²) in [6.07, 6.45) is 2.43. The normalized spacial score (nSPS) is 11.5. The molecule has 0 atom stereocenters. The van der Waals surface area contributed by atoms with Crippen LogP contribution in [0.3, 0.4) is 0 Å². The van der Waals surface area contributed by atoms with Gasteiger partial charge in [-0.1, -0.05) is 26.0 Å². The third kappa shape index (κ3) is 2.81. The molecule has 0 aliphatic rings. The van der Waals surface area contributed by atoms with Crippen LogP contribution in [0.15, 0.2) is 24.3 Å². The summed E-state index contributed by atoms with van der Waals surface area (Å²) in [6, 6.07) is 8.24. The van der Waals surface area contributed by atoms with E-state index in [9.17, 15) is 0 Å². The number of aromatic nitrogens is 2. The van der Waals surface area contributed by atoms with Crippen molar-refractivity contribution in [1.29, 1.82) is 0 Å². The molecule has 1 aromatic heterocycles. The van der Waals surface area contributed by atoms with Gasteiger partial charge in [-0.2, -0.15) is 0 Å². The molecule has 2 nitrogen and oxygen atoms in total. The highest BCUT2D eigenvalue weighted by atomic mass is 35.5. The average molecular weight is 251 g/mol. The fourth-order valence-corrected chi connectivity index (χ4v) is 2.34. The Morgan fingerprint density at radius 2 is 2.06 bits per heavy atom. The van der Waals surface area contributed by atoms with E-state index in [2.05, 4.69) is 35.5 Å². The molecule has 0 unspecified atom stereocenters. The van der Waals surface area contributed by atoms with E-state index >= 15 is 0 Å². The van der Waals surface area contributed by atoms with Crippen LogP contribution in [0.1, 0.15) is 32.5 Å². The molecular weight excluding hydrogens is 232 g/mol. The Morgan fingerprint density at radius 3 is 2.76 bits per heavy atom. The Morgan fingerprint density at radius 1 is 1.29 bits per heavy atom. The minimum Gasteiger partial charge on any atom is -0.327 e. The Kier molecular flexibility index (Phi) is 4.06. The van der Waals surface area contributed by atoms with E-state index in [0.29, 0.717) is 5.88 Å². The molecule has 0 N–H and O–H groups in total. The van der Waals surface area contributed by atoms with Crippen LogP contribution in [-0.4, -0.2) is 9.55 Å². The van der Waals surface area contributed by atoms with E-state index in [1.54, 1.807) is 0 Å². The minimum atomic E-state index is 0.482. The number of nitrogens with zero attached hydrogens (tertiary/aromatic N) is 2. The van der Waals surface area contributed by atoms with Crippen molar-refractivity contribution < 1.29 is 0 Å². The van der Waals surface area contributed by atoms with Crippen LogP contribution in [0.5, 0.6) is 0 Å². The third-order valence-electron chi connectivity index (χ3n) is 3.02. The molecule has 0 spiro atoms. The van der Waals surface area contributed by atoms with E-state index in [1.165, 1.54) is 18.4 Å². The summed E-state index contributed by atoms with van der Waals surface area (Å²) < 4.78 is 2.25. The number of aryl methyl sites for hydroxylation is 1. The first-order valence-electron chi connectivity index (χ1n) is 6.22. The molecule has 92 valence electrons. The zero-order valence-electron chi connectivity index (χ0n) is 10.5. The highest BCUT2D eigenvalue weighted by Crippen LogP contribution is 2.18. The standard InChI is InChI=1S/C14H19ClN2/c1-11(2)6-5-9-17-13-8-4-3-7-12(13)16-14(17)10-15/h3-4,7-8,11H,5-6,9-10H2,1-2H3. The summed E-state index contributed by atoms with van der Waals surface area (Å²) in [5.74, 6) is 2.22. The van der Waals surface area contributed by atoms with Crippen LogP contribution in [0.4, 0.5) is 0 Å². The molecule has 3 heteroatoms. The van der Waals surface area contributed by atoms with Gasteiger partial charge in [-0.25, -0.2) is 4.98 Å². The molecule has 0 radical (unpaired) electrons. The maximum absolute atomic E-state index is 5.96. The number of fused-ring (bicyclic) bond motifs is 1. The summed E-state index contributed by atoms with van der Waals surface area (Å²) in [6.45, 7) is 5.53. The first-order valence-corrected chi connectivity index (χ1v) is 6.76. The minimum absolute atomic E-state index is 0.482. The first kappa shape index (κ1) is 12.4. The largest absolute Gasteiger partial charge is 0.327 e. The smallest absolute Gasteiger partial charge is 0.124 e. The number of alkyl halides is 1. The lowest BCUT2D eigenvalue weighted by molar-refractivity contribution is 0.512. The summed E-state index contributed by atoms with van der Waals surface area (Å²) in [5.41, 5.74) is 2.25. The van der Waals surface area contributed by atoms with Gasteiger partial charge in [0.15, 0.2) is 0 Å². The predicted molar refractivity (Wildman–Crippen MR) is 73.4 cm³/mol. The number of para-hydroxylation sites is 2. The molecule has 2 rings (SSSR count). The van der Waals surface area contributed by atoms with Crippen LogP contribution in [0.2, 0.25) is 0 Å². The number of rotatable bonds is 5. The van der Waals surface area contributed by atoms with Crippen molar-refractivity contribution in [1.82, 2.24) is 9.55 Å². The van der Waals surface area contributed by atoms with Crippen molar-refractivity contribution in [3.63, 3.8) is 0 Å². The van der Waals surface area contributed by atoms with Crippen molar-refractivity contribution in [2.24, 2.45) is 5.92 Å². The van der Waals surface area contributed by atoms with Gasteiger partial charge >= 0.3 is 0 Å². The Bertz CT molecular complexity index is 488. The van der Waals surface area contributed by atoms with Crippen LogP contribution >= 0.6 is 11.6 Å². The fourth-order valence-electron chi connectivity index (χ4n) is 2.13. The summed E-state index contributed by atoms with van der Waals surface area (Å²) >= 11 is 5.96. The van der Waals surface area contributed by atoms with Crippen molar-refractivity contribution in [3.8, 4) is 0 Å². The second-order valence-corrected chi connectivity index (χ2v) is 5.11. The third-order valence-corrected chi connectivity index (χ3v) is 3.26. The van der Waals surface area contributed by atoms with Gasteiger partial charge in [0, 0.05) is 6.54 Å². The van der Waals surface area contributed by atoms with Gasteiger partial charge in [-0.05, 0) is 30.9 Å². The number of hydrogen-bond donors (Lipinski definition) is 0. The molecule has 0 saturated heterocycles. The van der Waals surface area contributed by atoms with E-state index in [1.807, 2.05) is 12.1 Å². The first-order chi connectivity index (χ1) is 8.22. The highest BCUT2D eigenvalue weighted by Gasteiger charge is 2.08. The Balaban J connectivity index is 2.24. The van der Waals surface area contributed by atoms with Gasteiger partial charge in [0.1, 0.15) is 5.82 Å². The maximum Gasteiger partial charge on any atom is 0.124 e. The van der Waals surface area contributed by atoms with Crippen molar-refractivity contribution in [2.75, 3.05) is 0 Å².